The third-order valence-corrected chi connectivity index (χ3v) is 4.09. The smallest absolute Gasteiger partial charge is 0.239 e. The Morgan fingerprint density at radius 3 is 2.29 bits per heavy atom. The molecule has 126 valence electrons. The largest absolute Gasteiger partial charge is 0.325 e. The normalized spacial score (nSPS) is 11.0. The van der Waals surface area contributed by atoms with Gasteiger partial charge in [0.25, 0.3) is 0 Å². The summed E-state index contributed by atoms with van der Waals surface area (Å²) in [7, 11) is 0. The first-order valence-electron chi connectivity index (χ1n) is 7.66. The van der Waals surface area contributed by atoms with Crippen LogP contribution in [-0.4, -0.2) is 11.8 Å². The zero-order valence-corrected chi connectivity index (χ0v) is 15.0. The predicted octanol–water partition coefficient (Wildman–Crippen LogP) is 4.56. The van der Waals surface area contributed by atoms with E-state index in [0.717, 1.165) is 11.1 Å². The average Bonchev–Trinajstić information content (AvgIpc) is 2.50. The summed E-state index contributed by atoms with van der Waals surface area (Å²) in [6.45, 7) is 7.04. The van der Waals surface area contributed by atoms with Gasteiger partial charge in [-0.2, -0.15) is 0 Å². The van der Waals surface area contributed by atoms with E-state index in [9.17, 15) is 9.59 Å². The minimum Gasteiger partial charge on any atom is -0.325 e. The van der Waals surface area contributed by atoms with Gasteiger partial charge in [0.1, 0.15) is 5.41 Å². The topological polar surface area (TPSA) is 58.2 Å². The summed E-state index contributed by atoms with van der Waals surface area (Å²) in [5.41, 5.74) is 2.01. The Balaban J connectivity index is 2.14. The van der Waals surface area contributed by atoms with Crippen LogP contribution in [0, 0.1) is 19.3 Å². The lowest BCUT2D eigenvalue weighted by atomic mass is 9.90. The molecule has 2 N–H and O–H groups in total. The van der Waals surface area contributed by atoms with Crippen LogP contribution in [0.2, 0.25) is 5.02 Å². The van der Waals surface area contributed by atoms with E-state index in [1.165, 1.54) is 0 Å². The van der Waals surface area contributed by atoms with Crippen LogP contribution in [-0.2, 0) is 9.59 Å². The van der Waals surface area contributed by atoms with Crippen LogP contribution >= 0.6 is 11.6 Å². The molecule has 2 aromatic rings. The summed E-state index contributed by atoms with van der Waals surface area (Å²) in [6, 6.07) is 12.6. The number of carbonyl (C=O) groups excluding carboxylic acids is 2. The molecule has 0 atom stereocenters. The molecule has 0 aliphatic heterocycles. The first kappa shape index (κ1) is 18.0. The molecule has 0 bridgehead atoms. The molecule has 0 spiro atoms. The summed E-state index contributed by atoms with van der Waals surface area (Å²) in [6.07, 6.45) is 0. The van der Waals surface area contributed by atoms with Crippen LogP contribution in [0.25, 0.3) is 0 Å². The summed E-state index contributed by atoms with van der Waals surface area (Å²) in [5, 5.41) is 6.09. The fourth-order valence-corrected chi connectivity index (χ4v) is 2.30. The Kier molecular flexibility index (Phi) is 5.30. The Hall–Kier alpha value is -2.33. The molecule has 2 amide bonds. The molecule has 0 aromatic heterocycles. The van der Waals surface area contributed by atoms with Crippen molar-refractivity contribution in [2.24, 2.45) is 5.41 Å². The van der Waals surface area contributed by atoms with E-state index in [1.54, 1.807) is 38.1 Å². The third kappa shape index (κ3) is 4.15. The summed E-state index contributed by atoms with van der Waals surface area (Å²) in [4.78, 5) is 25.1. The van der Waals surface area contributed by atoms with Crippen molar-refractivity contribution in [2.45, 2.75) is 27.7 Å². The molecular weight excluding hydrogens is 324 g/mol. The highest BCUT2D eigenvalue weighted by atomic mass is 35.5. The standard InChI is InChI=1S/C19H21ClN2O2/c1-12-8-9-13(2)16(10-12)22-18(24)19(3,4)17(23)21-15-7-5-6-14(20)11-15/h5-11H,1-4H3,(H,21,23)(H,22,24). The second-order valence-corrected chi connectivity index (χ2v) is 6.80. The van der Waals surface area contributed by atoms with Crippen LogP contribution in [0.1, 0.15) is 25.0 Å². The molecule has 0 unspecified atom stereocenters. The van der Waals surface area contributed by atoms with Crippen molar-refractivity contribution in [2.75, 3.05) is 10.6 Å². The highest BCUT2D eigenvalue weighted by Crippen LogP contribution is 2.24. The monoisotopic (exact) mass is 344 g/mol. The molecule has 0 aliphatic carbocycles. The minimum atomic E-state index is -1.24. The number of anilines is 2. The summed E-state index contributed by atoms with van der Waals surface area (Å²) < 4.78 is 0. The fourth-order valence-electron chi connectivity index (χ4n) is 2.11. The van der Waals surface area contributed by atoms with Gasteiger partial charge in [0.15, 0.2) is 0 Å². The lowest BCUT2D eigenvalue weighted by Gasteiger charge is -2.23. The van der Waals surface area contributed by atoms with Gasteiger partial charge in [-0.05, 0) is 63.1 Å². The molecule has 5 heteroatoms. The van der Waals surface area contributed by atoms with Crippen LogP contribution < -0.4 is 10.6 Å². The van der Waals surface area contributed by atoms with Crippen LogP contribution in [0.5, 0.6) is 0 Å². The zero-order chi connectivity index (χ0) is 17.9. The number of aryl methyl sites for hydroxylation is 2. The predicted molar refractivity (Wildman–Crippen MR) is 98.4 cm³/mol. The number of benzene rings is 2. The Morgan fingerprint density at radius 2 is 1.62 bits per heavy atom. The first-order chi connectivity index (χ1) is 11.2. The van der Waals surface area contributed by atoms with Gasteiger partial charge in [-0.3, -0.25) is 9.59 Å². The van der Waals surface area contributed by atoms with Gasteiger partial charge in [-0.15, -0.1) is 0 Å². The molecule has 0 saturated carbocycles. The highest BCUT2D eigenvalue weighted by Gasteiger charge is 2.36. The average molecular weight is 345 g/mol. The summed E-state index contributed by atoms with van der Waals surface area (Å²) in [5.74, 6) is -0.761. The molecule has 4 nitrogen and oxygen atoms in total. The lowest BCUT2D eigenvalue weighted by molar-refractivity contribution is -0.135. The van der Waals surface area contributed by atoms with Gasteiger partial charge in [0, 0.05) is 16.4 Å². The molecule has 24 heavy (non-hydrogen) atoms. The van der Waals surface area contributed by atoms with Crippen molar-refractivity contribution >= 4 is 34.8 Å². The van der Waals surface area contributed by atoms with Gasteiger partial charge in [0.05, 0.1) is 0 Å². The van der Waals surface area contributed by atoms with Crippen molar-refractivity contribution in [1.29, 1.82) is 0 Å². The quantitative estimate of drug-likeness (QED) is 0.799. The number of amides is 2. The number of rotatable bonds is 4. The van der Waals surface area contributed by atoms with E-state index in [2.05, 4.69) is 10.6 Å². The van der Waals surface area contributed by atoms with Crippen LogP contribution in [0.3, 0.4) is 0 Å². The van der Waals surface area contributed by atoms with Gasteiger partial charge in [0.2, 0.25) is 11.8 Å². The van der Waals surface area contributed by atoms with Gasteiger partial charge < -0.3 is 10.6 Å². The van der Waals surface area contributed by atoms with Crippen LogP contribution in [0.15, 0.2) is 42.5 Å². The molecule has 0 saturated heterocycles. The highest BCUT2D eigenvalue weighted by molar-refractivity contribution is 6.31. The maximum absolute atomic E-state index is 12.6. The van der Waals surface area contributed by atoms with Crippen molar-refractivity contribution in [3.05, 3.63) is 58.6 Å². The van der Waals surface area contributed by atoms with E-state index in [0.29, 0.717) is 16.4 Å². The Morgan fingerprint density at radius 1 is 0.958 bits per heavy atom. The maximum Gasteiger partial charge on any atom is 0.239 e. The van der Waals surface area contributed by atoms with Crippen molar-refractivity contribution in [3.8, 4) is 0 Å². The van der Waals surface area contributed by atoms with Crippen molar-refractivity contribution in [1.82, 2.24) is 0 Å². The molecule has 0 radical (unpaired) electrons. The first-order valence-corrected chi connectivity index (χ1v) is 8.03. The SMILES string of the molecule is Cc1ccc(C)c(NC(=O)C(C)(C)C(=O)Nc2cccc(Cl)c2)c1. The second kappa shape index (κ2) is 7.05. The molecule has 0 fully saturated rings. The van der Waals surface area contributed by atoms with E-state index in [1.807, 2.05) is 32.0 Å². The number of hydrogen-bond acceptors (Lipinski definition) is 2. The zero-order valence-electron chi connectivity index (χ0n) is 14.2. The minimum absolute atomic E-state index is 0.365. The Labute approximate surface area is 147 Å². The fraction of sp³-hybridized carbons (Fsp3) is 0.263. The maximum atomic E-state index is 12.6. The molecule has 0 heterocycles. The molecule has 2 rings (SSSR count). The van der Waals surface area contributed by atoms with Gasteiger partial charge >= 0.3 is 0 Å². The number of nitrogens with one attached hydrogen (secondary N) is 2. The molecule has 2 aromatic carbocycles. The number of halogens is 1. The van der Waals surface area contributed by atoms with E-state index in [4.69, 9.17) is 11.6 Å². The van der Waals surface area contributed by atoms with E-state index >= 15 is 0 Å². The van der Waals surface area contributed by atoms with Crippen LogP contribution in [0.4, 0.5) is 11.4 Å². The lowest BCUT2D eigenvalue weighted by Crippen LogP contribution is -2.41. The van der Waals surface area contributed by atoms with Gasteiger partial charge in [-0.1, -0.05) is 29.8 Å². The van der Waals surface area contributed by atoms with E-state index in [-0.39, 0.29) is 5.91 Å². The molecule has 0 aliphatic rings. The summed E-state index contributed by atoms with van der Waals surface area (Å²) >= 11 is 5.91. The molecular formula is C19H21ClN2O2. The van der Waals surface area contributed by atoms with Gasteiger partial charge in [-0.25, -0.2) is 0 Å². The third-order valence-electron chi connectivity index (χ3n) is 3.86. The number of hydrogen-bond donors (Lipinski definition) is 2. The van der Waals surface area contributed by atoms with E-state index < -0.39 is 11.3 Å². The van der Waals surface area contributed by atoms with Crippen molar-refractivity contribution < 1.29 is 9.59 Å². The Bertz CT molecular complexity index is 785. The second-order valence-electron chi connectivity index (χ2n) is 6.36. The number of carbonyl (C=O) groups is 2. The van der Waals surface area contributed by atoms with Crippen molar-refractivity contribution in [3.63, 3.8) is 0 Å².